The molecule has 2 fully saturated rings. The average molecular weight is 236 g/mol. The largest absolute Gasteiger partial charge is 0.396 e. The third-order valence-electron chi connectivity index (χ3n) is 6.20. The Morgan fingerprint density at radius 2 is 2.06 bits per heavy atom. The second-order valence-corrected chi connectivity index (χ2v) is 6.95. The molecule has 2 N–H and O–H groups in total. The van der Waals surface area contributed by atoms with Crippen LogP contribution in [0.4, 0.5) is 0 Å². The zero-order chi connectivity index (χ0) is 12.3. The van der Waals surface area contributed by atoms with Crippen molar-refractivity contribution in [3.05, 3.63) is 11.6 Å². The summed E-state index contributed by atoms with van der Waals surface area (Å²) in [5, 5.41) is 19.3. The third kappa shape index (κ3) is 1.29. The number of aliphatic hydroxyl groups excluding tert-OH is 2. The zero-order valence-corrected chi connectivity index (χ0v) is 10.9. The van der Waals surface area contributed by atoms with E-state index in [-0.39, 0.29) is 12.0 Å². The van der Waals surface area contributed by atoms with Crippen molar-refractivity contribution in [2.75, 3.05) is 13.2 Å². The van der Waals surface area contributed by atoms with Crippen LogP contribution in [0.25, 0.3) is 0 Å². The van der Waals surface area contributed by atoms with E-state index in [2.05, 4.69) is 19.9 Å². The van der Waals surface area contributed by atoms with Gasteiger partial charge in [0, 0.05) is 6.61 Å². The average Bonchev–Trinajstić information content (AvgIpc) is 2.55. The third-order valence-corrected chi connectivity index (χ3v) is 6.20. The van der Waals surface area contributed by atoms with Gasteiger partial charge in [-0.2, -0.15) is 0 Å². The van der Waals surface area contributed by atoms with E-state index in [9.17, 15) is 10.2 Å². The Hall–Kier alpha value is -0.340. The van der Waals surface area contributed by atoms with Crippen LogP contribution in [0, 0.1) is 28.6 Å². The van der Waals surface area contributed by atoms with Gasteiger partial charge in [-0.25, -0.2) is 0 Å². The molecule has 0 heterocycles. The zero-order valence-electron chi connectivity index (χ0n) is 10.9. The van der Waals surface area contributed by atoms with Crippen LogP contribution in [0.3, 0.4) is 0 Å². The fourth-order valence-electron chi connectivity index (χ4n) is 5.26. The van der Waals surface area contributed by atoms with Crippen LogP contribution < -0.4 is 0 Å². The Morgan fingerprint density at radius 1 is 1.29 bits per heavy atom. The summed E-state index contributed by atoms with van der Waals surface area (Å²) < 4.78 is 0. The Bertz CT molecular complexity index is 362. The van der Waals surface area contributed by atoms with Crippen LogP contribution in [0.2, 0.25) is 0 Å². The molecule has 2 nitrogen and oxygen atoms in total. The van der Waals surface area contributed by atoms with Gasteiger partial charge in [-0.1, -0.05) is 26.3 Å². The second kappa shape index (κ2) is 3.58. The van der Waals surface area contributed by atoms with Gasteiger partial charge >= 0.3 is 0 Å². The molecule has 2 heteroatoms. The fourth-order valence-corrected chi connectivity index (χ4v) is 5.26. The van der Waals surface area contributed by atoms with Crippen molar-refractivity contribution < 1.29 is 10.2 Å². The summed E-state index contributed by atoms with van der Waals surface area (Å²) in [7, 11) is 0. The number of rotatable bonds is 2. The molecular weight excluding hydrogens is 212 g/mol. The first-order valence-corrected chi connectivity index (χ1v) is 6.97. The quantitative estimate of drug-likeness (QED) is 0.723. The first-order chi connectivity index (χ1) is 8.07. The topological polar surface area (TPSA) is 40.5 Å². The minimum atomic E-state index is 0.0834. The molecule has 2 saturated carbocycles. The van der Waals surface area contributed by atoms with E-state index >= 15 is 0 Å². The molecule has 0 spiro atoms. The van der Waals surface area contributed by atoms with Gasteiger partial charge in [0.1, 0.15) is 0 Å². The predicted molar refractivity (Wildman–Crippen MR) is 67.4 cm³/mol. The van der Waals surface area contributed by atoms with Crippen LogP contribution in [-0.2, 0) is 0 Å². The van der Waals surface area contributed by atoms with Crippen molar-refractivity contribution in [1.29, 1.82) is 0 Å². The molecule has 0 radical (unpaired) electrons. The number of hydrogen-bond donors (Lipinski definition) is 2. The molecule has 96 valence electrons. The van der Waals surface area contributed by atoms with Crippen LogP contribution in [0.15, 0.2) is 11.6 Å². The lowest BCUT2D eigenvalue weighted by molar-refractivity contribution is -0.156. The summed E-state index contributed by atoms with van der Waals surface area (Å²) in [5.41, 5.74) is 1.74. The molecule has 0 saturated heterocycles. The van der Waals surface area contributed by atoms with Crippen LogP contribution >= 0.6 is 0 Å². The van der Waals surface area contributed by atoms with Crippen molar-refractivity contribution in [2.45, 2.75) is 39.5 Å². The van der Waals surface area contributed by atoms with Crippen molar-refractivity contribution in [3.63, 3.8) is 0 Å². The van der Waals surface area contributed by atoms with Crippen molar-refractivity contribution in [3.8, 4) is 0 Å². The molecule has 3 rings (SSSR count). The lowest BCUT2D eigenvalue weighted by atomic mass is 9.38. The number of hydrogen-bond acceptors (Lipinski definition) is 2. The van der Waals surface area contributed by atoms with E-state index in [4.69, 9.17) is 0 Å². The van der Waals surface area contributed by atoms with Gasteiger partial charge in [0.2, 0.25) is 0 Å². The van der Waals surface area contributed by atoms with E-state index in [1.807, 2.05) is 0 Å². The highest BCUT2D eigenvalue weighted by Gasteiger charge is 2.66. The maximum Gasteiger partial charge on any atom is 0.0644 e. The number of aliphatic hydroxyl groups is 2. The SMILES string of the molecule is C[C@@]1(CO)CCC[C@@]2(C)[C@@H]3C(CO)=CC[C@H]2[C@@H]31. The van der Waals surface area contributed by atoms with Crippen molar-refractivity contribution in [2.24, 2.45) is 28.6 Å². The van der Waals surface area contributed by atoms with Crippen LogP contribution in [0.5, 0.6) is 0 Å². The highest BCUT2D eigenvalue weighted by Crippen LogP contribution is 2.72. The van der Waals surface area contributed by atoms with Crippen LogP contribution in [-0.4, -0.2) is 23.4 Å². The van der Waals surface area contributed by atoms with E-state index < -0.39 is 0 Å². The Kier molecular flexibility index (Phi) is 2.47. The monoisotopic (exact) mass is 236 g/mol. The lowest BCUT2D eigenvalue weighted by Crippen LogP contribution is -2.62. The summed E-state index contributed by atoms with van der Waals surface area (Å²) in [6, 6.07) is 0. The fraction of sp³-hybridized carbons (Fsp3) is 0.867. The normalized spacial score (nSPS) is 52.5. The molecule has 0 aliphatic heterocycles. The molecule has 0 aromatic rings. The molecule has 0 aromatic heterocycles. The van der Waals surface area contributed by atoms with E-state index in [1.54, 1.807) is 0 Å². The summed E-state index contributed by atoms with van der Waals surface area (Å²) in [4.78, 5) is 0. The van der Waals surface area contributed by atoms with E-state index in [0.29, 0.717) is 23.9 Å². The molecule has 5 atom stereocenters. The Morgan fingerprint density at radius 3 is 2.71 bits per heavy atom. The summed E-state index contributed by atoms with van der Waals surface area (Å²) in [6.45, 7) is 5.18. The van der Waals surface area contributed by atoms with E-state index in [0.717, 1.165) is 18.8 Å². The van der Waals surface area contributed by atoms with Gasteiger partial charge in [-0.15, -0.1) is 0 Å². The molecule has 17 heavy (non-hydrogen) atoms. The molecular formula is C15H24O2. The van der Waals surface area contributed by atoms with Gasteiger partial charge in [0.15, 0.2) is 0 Å². The van der Waals surface area contributed by atoms with E-state index in [1.165, 1.54) is 18.4 Å². The van der Waals surface area contributed by atoms with Crippen molar-refractivity contribution in [1.82, 2.24) is 0 Å². The maximum atomic E-state index is 9.79. The molecule has 0 unspecified atom stereocenters. The van der Waals surface area contributed by atoms with Gasteiger partial charge in [-0.3, -0.25) is 0 Å². The molecule has 3 aliphatic carbocycles. The number of allylic oxidation sites excluding steroid dienone is 1. The lowest BCUT2D eigenvalue weighted by Gasteiger charge is -2.66. The highest BCUT2D eigenvalue weighted by molar-refractivity contribution is 5.29. The first-order valence-electron chi connectivity index (χ1n) is 6.97. The standard InChI is InChI=1S/C15H24O2/c1-14(9-17)6-3-7-15(2)11-5-4-10(8-16)12(15)13(11)14/h4,11-13,16-17H,3,5-9H2,1-2H3/t11-,12+,13-,14-,15+/m0/s1. The maximum absolute atomic E-state index is 9.79. The molecule has 4 bridgehead atoms. The number of fused-ring (bicyclic) bond motifs is 1. The highest BCUT2D eigenvalue weighted by atomic mass is 16.3. The smallest absolute Gasteiger partial charge is 0.0644 e. The minimum absolute atomic E-state index is 0.0834. The van der Waals surface area contributed by atoms with Gasteiger partial charge in [0.05, 0.1) is 6.61 Å². The van der Waals surface area contributed by atoms with Crippen LogP contribution in [0.1, 0.15) is 39.5 Å². The Balaban J connectivity index is 2.02. The summed E-state index contributed by atoms with van der Waals surface area (Å²) in [6.07, 6.45) is 7.02. The minimum Gasteiger partial charge on any atom is -0.396 e. The van der Waals surface area contributed by atoms with Crippen molar-refractivity contribution >= 4 is 0 Å². The second-order valence-electron chi connectivity index (χ2n) is 6.95. The summed E-state index contributed by atoms with van der Waals surface area (Å²) in [5.74, 6) is 1.88. The Labute approximate surface area is 104 Å². The molecule has 0 amide bonds. The van der Waals surface area contributed by atoms with Gasteiger partial charge in [-0.05, 0) is 53.4 Å². The molecule has 3 aliphatic rings. The van der Waals surface area contributed by atoms with Gasteiger partial charge in [0.25, 0.3) is 0 Å². The predicted octanol–water partition coefficient (Wildman–Crippen LogP) is 2.36. The molecule has 0 aromatic carbocycles. The van der Waals surface area contributed by atoms with Gasteiger partial charge < -0.3 is 10.2 Å². The summed E-state index contributed by atoms with van der Waals surface area (Å²) >= 11 is 0. The first kappa shape index (κ1) is 11.7.